The number of aromatic hydroxyl groups is 2. The van der Waals surface area contributed by atoms with Crippen molar-refractivity contribution in [3.63, 3.8) is 0 Å². The molecule has 4 aromatic rings. The van der Waals surface area contributed by atoms with E-state index in [1.807, 2.05) is 62.4 Å². The molecule has 0 aliphatic rings. The van der Waals surface area contributed by atoms with Crippen LogP contribution < -0.4 is 9.47 Å². The van der Waals surface area contributed by atoms with E-state index in [1.165, 1.54) is 0 Å². The number of ether oxygens (including phenoxy) is 4. The van der Waals surface area contributed by atoms with E-state index in [0.29, 0.717) is 26.4 Å². The summed E-state index contributed by atoms with van der Waals surface area (Å²) in [6, 6.07) is 22.1. The second-order valence-electron chi connectivity index (χ2n) is 8.39. The lowest BCUT2D eigenvalue weighted by Crippen LogP contribution is -2.23. The lowest BCUT2D eigenvalue weighted by molar-refractivity contribution is -0.00155. The molecule has 34 heavy (non-hydrogen) atoms. The van der Waals surface area contributed by atoms with E-state index in [-0.39, 0.29) is 23.7 Å². The van der Waals surface area contributed by atoms with Gasteiger partial charge in [-0.05, 0) is 83.9 Å². The summed E-state index contributed by atoms with van der Waals surface area (Å²) in [7, 11) is 0. The Labute approximate surface area is 199 Å². The lowest BCUT2D eigenvalue weighted by Gasteiger charge is -2.17. The molecular formula is C28H30O6. The fourth-order valence-electron chi connectivity index (χ4n) is 3.72. The fourth-order valence-corrected chi connectivity index (χ4v) is 3.72. The third-order valence-corrected chi connectivity index (χ3v) is 5.34. The third-order valence-electron chi connectivity index (χ3n) is 5.34. The van der Waals surface area contributed by atoms with Crippen molar-refractivity contribution in [2.45, 2.75) is 26.1 Å². The van der Waals surface area contributed by atoms with Crippen LogP contribution in [0, 0.1) is 0 Å². The van der Waals surface area contributed by atoms with E-state index in [9.17, 15) is 10.2 Å². The second kappa shape index (κ2) is 11.1. The predicted octanol–water partition coefficient (Wildman–Crippen LogP) is 5.67. The van der Waals surface area contributed by atoms with Crippen LogP contribution >= 0.6 is 0 Å². The van der Waals surface area contributed by atoms with Gasteiger partial charge < -0.3 is 29.2 Å². The van der Waals surface area contributed by atoms with Gasteiger partial charge in [-0.3, -0.25) is 0 Å². The quantitative estimate of drug-likeness (QED) is 0.280. The first-order valence-electron chi connectivity index (χ1n) is 11.4. The Balaban J connectivity index is 1.13. The van der Waals surface area contributed by atoms with Gasteiger partial charge in [0.05, 0.1) is 26.4 Å². The molecule has 0 spiro atoms. The molecule has 4 aromatic carbocycles. The van der Waals surface area contributed by atoms with Gasteiger partial charge in [0.15, 0.2) is 0 Å². The minimum absolute atomic E-state index is 0.121. The molecule has 0 radical (unpaired) electrons. The average molecular weight is 463 g/mol. The first kappa shape index (κ1) is 23.7. The van der Waals surface area contributed by atoms with Crippen molar-refractivity contribution in [2.75, 3.05) is 26.4 Å². The number of phenols is 2. The second-order valence-corrected chi connectivity index (χ2v) is 8.39. The summed E-state index contributed by atoms with van der Waals surface area (Å²) in [5.74, 6) is 1.94. The van der Waals surface area contributed by atoms with E-state index >= 15 is 0 Å². The molecule has 0 aromatic heterocycles. The van der Waals surface area contributed by atoms with Crippen LogP contribution in [0.1, 0.15) is 13.8 Å². The highest BCUT2D eigenvalue weighted by molar-refractivity contribution is 5.85. The monoisotopic (exact) mass is 462 g/mol. The Bertz CT molecular complexity index is 1140. The summed E-state index contributed by atoms with van der Waals surface area (Å²) in [6.07, 6.45) is -0.242. The zero-order chi connectivity index (χ0) is 23.9. The van der Waals surface area contributed by atoms with E-state index in [1.54, 1.807) is 24.3 Å². The first-order chi connectivity index (χ1) is 16.5. The average Bonchev–Trinajstić information content (AvgIpc) is 2.80. The van der Waals surface area contributed by atoms with Crippen LogP contribution in [-0.2, 0) is 9.47 Å². The van der Waals surface area contributed by atoms with Gasteiger partial charge in [0.2, 0.25) is 0 Å². The number of fused-ring (bicyclic) bond motifs is 2. The molecule has 0 aliphatic heterocycles. The Morgan fingerprint density at radius 1 is 0.559 bits per heavy atom. The SMILES string of the molecule is CC(COCCOCC(C)Oc1ccc2ccc(O)cc2c1)Oc1ccc2ccc(O)cc2c1. The van der Waals surface area contributed by atoms with Crippen molar-refractivity contribution in [3.05, 3.63) is 72.8 Å². The van der Waals surface area contributed by atoms with Crippen molar-refractivity contribution in [1.29, 1.82) is 0 Å². The number of hydrogen-bond donors (Lipinski definition) is 2. The molecule has 178 valence electrons. The molecule has 0 bridgehead atoms. The third kappa shape index (κ3) is 6.53. The topological polar surface area (TPSA) is 77.4 Å². The first-order valence-corrected chi connectivity index (χ1v) is 11.4. The summed E-state index contributed by atoms with van der Waals surface area (Å²) < 4.78 is 23.2. The van der Waals surface area contributed by atoms with Crippen LogP contribution in [0.3, 0.4) is 0 Å². The van der Waals surface area contributed by atoms with Gasteiger partial charge >= 0.3 is 0 Å². The molecule has 0 saturated heterocycles. The Hall–Kier alpha value is -3.48. The zero-order valence-corrected chi connectivity index (χ0v) is 19.4. The van der Waals surface area contributed by atoms with Crippen LogP contribution in [0.15, 0.2) is 72.8 Å². The number of hydrogen-bond acceptors (Lipinski definition) is 6. The van der Waals surface area contributed by atoms with Gasteiger partial charge in [0, 0.05) is 0 Å². The molecule has 0 heterocycles. The summed E-state index contributed by atoms with van der Waals surface area (Å²) >= 11 is 0. The van der Waals surface area contributed by atoms with E-state index in [2.05, 4.69) is 0 Å². The Morgan fingerprint density at radius 2 is 0.971 bits per heavy atom. The highest BCUT2D eigenvalue weighted by atomic mass is 16.6. The number of rotatable bonds is 11. The van der Waals surface area contributed by atoms with Crippen molar-refractivity contribution >= 4 is 21.5 Å². The number of phenolic OH excluding ortho intramolecular Hbond substituents is 2. The van der Waals surface area contributed by atoms with Crippen LogP contribution in [0.4, 0.5) is 0 Å². The van der Waals surface area contributed by atoms with Crippen LogP contribution in [0.5, 0.6) is 23.0 Å². The van der Waals surface area contributed by atoms with Crippen molar-refractivity contribution in [2.24, 2.45) is 0 Å². The van der Waals surface area contributed by atoms with Gasteiger partial charge in [0.25, 0.3) is 0 Å². The summed E-state index contributed by atoms with van der Waals surface area (Å²) in [4.78, 5) is 0. The Morgan fingerprint density at radius 3 is 1.41 bits per heavy atom. The molecule has 6 heteroatoms. The van der Waals surface area contributed by atoms with Gasteiger partial charge in [-0.15, -0.1) is 0 Å². The fraction of sp³-hybridized carbons (Fsp3) is 0.286. The van der Waals surface area contributed by atoms with Crippen molar-refractivity contribution < 1.29 is 29.2 Å². The maximum Gasteiger partial charge on any atom is 0.120 e. The van der Waals surface area contributed by atoms with E-state index in [4.69, 9.17) is 18.9 Å². The van der Waals surface area contributed by atoms with E-state index < -0.39 is 0 Å². The molecule has 0 aliphatic carbocycles. The van der Waals surface area contributed by atoms with Gasteiger partial charge in [-0.1, -0.05) is 24.3 Å². The van der Waals surface area contributed by atoms with Crippen LogP contribution in [0.2, 0.25) is 0 Å². The van der Waals surface area contributed by atoms with Crippen molar-refractivity contribution in [3.8, 4) is 23.0 Å². The molecule has 2 atom stereocenters. The highest BCUT2D eigenvalue weighted by Crippen LogP contribution is 2.26. The number of benzene rings is 4. The molecule has 4 rings (SSSR count). The standard InChI is InChI=1S/C28H30O6/c1-19(33-27-9-5-21-3-7-25(29)13-23(21)15-27)17-31-11-12-32-18-20(2)34-28-10-6-22-4-8-26(30)14-24(22)16-28/h3-10,13-16,19-20,29-30H,11-12,17-18H2,1-2H3. The summed E-state index contributed by atoms with van der Waals surface area (Å²) in [6.45, 7) is 5.71. The minimum Gasteiger partial charge on any atom is -0.508 e. The smallest absolute Gasteiger partial charge is 0.120 e. The van der Waals surface area contributed by atoms with Crippen LogP contribution in [-0.4, -0.2) is 48.8 Å². The molecule has 0 saturated carbocycles. The highest BCUT2D eigenvalue weighted by Gasteiger charge is 2.08. The van der Waals surface area contributed by atoms with Gasteiger partial charge in [-0.25, -0.2) is 0 Å². The molecular weight excluding hydrogens is 432 g/mol. The molecule has 2 unspecified atom stereocenters. The largest absolute Gasteiger partial charge is 0.508 e. The lowest BCUT2D eigenvalue weighted by atomic mass is 10.1. The summed E-state index contributed by atoms with van der Waals surface area (Å²) in [5, 5.41) is 23.3. The molecule has 0 amide bonds. The normalized spacial score (nSPS) is 13.1. The van der Waals surface area contributed by atoms with Gasteiger partial charge in [0.1, 0.15) is 35.2 Å². The van der Waals surface area contributed by atoms with Gasteiger partial charge in [-0.2, -0.15) is 0 Å². The maximum atomic E-state index is 9.66. The predicted molar refractivity (Wildman–Crippen MR) is 133 cm³/mol. The Kier molecular flexibility index (Phi) is 7.72. The van der Waals surface area contributed by atoms with Crippen molar-refractivity contribution in [1.82, 2.24) is 0 Å². The molecule has 2 N–H and O–H groups in total. The summed E-state index contributed by atoms with van der Waals surface area (Å²) in [5.41, 5.74) is 0. The van der Waals surface area contributed by atoms with E-state index in [0.717, 1.165) is 33.0 Å². The molecule has 6 nitrogen and oxygen atoms in total. The van der Waals surface area contributed by atoms with Crippen LogP contribution in [0.25, 0.3) is 21.5 Å². The zero-order valence-electron chi connectivity index (χ0n) is 19.4. The minimum atomic E-state index is -0.121. The molecule has 0 fully saturated rings. The maximum absolute atomic E-state index is 9.66.